The fourth-order valence-electron chi connectivity index (χ4n) is 2.48. The van der Waals surface area contributed by atoms with Gasteiger partial charge in [-0.15, -0.1) is 11.3 Å². The van der Waals surface area contributed by atoms with Crippen molar-refractivity contribution in [2.45, 2.75) is 0 Å². The first kappa shape index (κ1) is 12.7. The Balaban J connectivity index is 2.09. The molecule has 2 nitrogen and oxygen atoms in total. The lowest BCUT2D eigenvalue weighted by Gasteiger charge is -2.05. The number of imidazole rings is 1. The van der Waals surface area contributed by atoms with E-state index in [-0.39, 0.29) is 5.52 Å². The van der Waals surface area contributed by atoms with Gasteiger partial charge >= 0.3 is 0 Å². The zero-order valence-corrected chi connectivity index (χ0v) is 12.2. The minimum atomic E-state index is -0.647. The number of benzene rings is 2. The smallest absolute Gasteiger partial charge is 0.182 e. The lowest BCUT2D eigenvalue weighted by molar-refractivity contribution is 0.590. The van der Waals surface area contributed by atoms with Crippen LogP contribution in [-0.2, 0) is 0 Å². The molecule has 4 aromatic rings. The summed E-state index contributed by atoms with van der Waals surface area (Å²) in [6.45, 7) is 0. The molecule has 0 spiro atoms. The van der Waals surface area contributed by atoms with Crippen molar-refractivity contribution in [3.63, 3.8) is 0 Å². The highest BCUT2D eigenvalue weighted by Gasteiger charge is 2.12. The van der Waals surface area contributed by atoms with E-state index in [2.05, 4.69) is 4.98 Å². The Hall–Kier alpha value is -2.05. The number of aromatic nitrogens is 2. The monoisotopic (exact) mass is 318 g/mol. The van der Waals surface area contributed by atoms with Gasteiger partial charge in [0.15, 0.2) is 10.6 Å². The minimum absolute atomic E-state index is 0.215. The fraction of sp³-hybridized carbons (Fsp3) is 0. The minimum Gasteiger partial charge on any atom is -0.328 e. The van der Waals surface area contributed by atoms with Crippen LogP contribution < -0.4 is 0 Å². The van der Waals surface area contributed by atoms with E-state index >= 15 is 0 Å². The van der Waals surface area contributed by atoms with Crippen LogP contribution in [0, 0.1) is 16.4 Å². The van der Waals surface area contributed by atoms with Gasteiger partial charge in [-0.25, -0.2) is 8.78 Å². The van der Waals surface area contributed by atoms with Crippen molar-refractivity contribution in [2.75, 3.05) is 0 Å². The van der Waals surface area contributed by atoms with Gasteiger partial charge in [0.2, 0.25) is 0 Å². The van der Waals surface area contributed by atoms with E-state index in [1.807, 2.05) is 29.6 Å². The molecule has 0 bridgehead atoms. The first-order valence-electron chi connectivity index (χ1n) is 6.21. The SMILES string of the molecule is Fc1cc(F)c2[nH]c(=S)n(-c3ccc4sccc4c3)c2c1. The van der Waals surface area contributed by atoms with E-state index in [0.29, 0.717) is 10.3 Å². The van der Waals surface area contributed by atoms with Crippen molar-refractivity contribution < 1.29 is 8.78 Å². The van der Waals surface area contributed by atoms with E-state index < -0.39 is 11.6 Å². The van der Waals surface area contributed by atoms with E-state index in [1.165, 1.54) is 6.07 Å². The van der Waals surface area contributed by atoms with Gasteiger partial charge in [-0.05, 0) is 47.2 Å². The fourth-order valence-corrected chi connectivity index (χ4v) is 3.56. The van der Waals surface area contributed by atoms with Gasteiger partial charge in [-0.2, -0.15) is 0 Å². The second-order valence-electron chi connectivity index (χ2n) is 4.69. The van der Waals surface area contributed by atoms with E-state index in [0.717, 1.165) is 21.8 Å². The normalized spacial score (nSPS) is 11.5. The van der Waals surface area contributed by atoms with Gasteiger partial charge in [0.1, 0.15) is 11.3 Å². The van der Waals surface area contributed by atoms with Crippen molar-refractivity contribution in [3.8, 4) is 5.69 Å². The molecular formula is C15H8F2N2S2. The quantitative estimate of drug-likeness (QED) is 0.480. The molecule has 0 saturated carbocycles. The summed E-state index contributed by atoms with van der Waals surface area (Å²) in [5, 5.41) is 3.08. The maximum atomic E-state index is 13.8. The van der Waals surface area contributed by atoms with Gasteiger partial charge < -0.3 is 4.98 Å². The third-order valence-electron chi connectivity index (χ3n) is 3.40. The molecule has 0 fully saturated rings. The highest BCUT2D eigenvalue weighted by molar-refractivity contribution is 7.71. The molecule has 2 heterocycles. The second kappa shape index (κ2) is 4.47. The molecule has 104 valence electrons. The third kappa shape index (κ3) is 1.91. The number of hydrogen-bond donors (Lipinski definition) is 1. The number of thiophene rings is 1. The topological polar surface area (TPSA) is 20.7 Å². The predicted octanol–water partition coefficient (Wildman–Crippen LogP) is 5.18. The molecule has 6 heteroatoms. The molecule has 21 heavy (non-hydrogen) atoms. The van der Waals surface area contributed by atoms with Crippen molar-refractivity contribution >= 4 is 44.7 Å². The standard InChI is InChI=1S/C15H8F2N2S2/c16-9-6-11(17)14-12(7-9)19(15(20)18-14)10-1-2-13-8(5-10)3-4-21-13/h1-7H,(H,18,20). The van der Waals surface area contributed by atoms with Crippen molar-refractivity contribution in [2.24, 2.45) is 0 Å². The zero-order valence-electron chi connectivity index (χ0n) is 10.6. The second-order valence-corrected chi connectivity index (χ2v) is 6.02. The first-order valence-corrected chi connectivity index (χ1v) is 7.50. The molecule has 2 aromatic heterocycles. The van der Waals surface area contributed by atoms with Crippen molar-refractivity contribution in [3.05, 3.63) is 58.2 Å². The Morgan fingerprint density at radius 1 is 1.10 bits per heavy atom. The van der Waals surface area contributed by atoms with Crippen LogP contribution in [0.2, 0.25) is 0 Å². The van der Waals surface area contributed by atoms with Gasteiger partial charge in [0.25, 0.3) is 0 Å². The van der Waals surface area contributed by atoms with Crippen LogP contribution in [0.1, 0.15) is 0 Å². The number of fused-ring (bicyclic) bond motifs is 2. The number of hydrogen-bond acceptors (Lipinski definition) is 2. The third-order valence-corrected chi connectivity index (χ3v) is 4.59. The van der Waals surface area contributed by atoms with Crippen molar-refractivity contribution in [1.82, 2.24) is 9.55 Å². The Labute approximate surface area is 127 Å². The Morgan fingerprint density at radius 2 is 1.95 bits per heavy atom. The number of nitrogens with zero attached hydrogens (tertiary/aromatic N) is 1. The Morgan fingerprint density at radius 3 is 2.81 bits per heavy atom. The summed E-state index contributed by atoms with van der Waals surface area (Å²) in [5.41, 5.74) is 1.39. The van der Waals surface area contributed by atoms with Crippen LogP contribution in [0.15, 0.2) is 41.8 Å². The summed E-state index contributed by atoms with van der Waals surface area (Å²) >= 11 is 6.90. The number of aromatic amines is 1. The summed E-state index contributed by atoms with van der Waals surface area (Å²) in [5.74, 6) is -1.27. The average Bonchev–Trinajstić information content (AvgIpc) is 3.01. The highest BCUT2D eigenvalue weighted by atomic mass is 32.1. The molecule has 0 radical (unpaired) electrons. The van der Waals surface area contributed by atoms with E-state index in [4.69, 9.17) is 12.2 Å². The van der Waals surface area contributed by atoms with Crippen molar-refractivity contribution in [1.29, 1.82) is 0 Å². The number of halogens is 2. The average molecular weight is 318 g/mol. The maximum absolute atomic E-state index is 13.8. The molecule has 0 atom stereocenters. The van der Waals surface area contributed by atoms with E-state index in [9.17, 15) is 8.78 Å². The molecule has 0 aliphatic heterocycles. The molecular weight excluding hydrogens is 310 g/mol. The number of nitrogens with one attached hydrogen (secondary N) is 1. The van der Waals surface area contributed by atoms with Gasteiger partial charge in [0.05, 0.1) is 5.52 Å². The number of H-pyrrole nitrogens is 1. The largest absolute Gasteiger partial charge is 0.328 e. The Kier molecular flexibility index (Phi) is 2.70. The van der Waals surface area contributed by atoms with Gasteiger partial charge in [0, 0.05) is 22.5 Å². The molecule has 0 aliphatic carbocycles. The maximum Gasteiger partial charge on any atom is 0.182 e. The van der Waals surface area contributed by atoms with Gasteiger partial charge in [-0.1, -0.05) is 0 Å². The molecule has 4 rings (SSSR count). The summed E-state index contributed by atoms with van der Waals surface area (Å²) in [6.07, 6.45) is 0. The summed E-state index contributed by atoms with van der Waals surface area (Å²) in [6, 6.07) is 9.96. The lowest BCUT2D eigenvalue weighted by Crippen LogP contribution is -1.94. The van der Waals surface area contributed by atoms with Gasteiger partial charge in [-0.3, -0.25) is 4.57 Å². The molecule has 0 unspecified atom stereocenters. The zero-order chi connectivity index (χ0) is 14.6. The van der Waals surface area contributed by atoms with Crippen LogP contribution in [-0.4, -0.2) is 9.55 Å². The Bertz CT molecular complexity index is 1040. The summed E-state index contributed by atoms with van der Waals surface area (Å²) in [7, 11) is 0. The van der Waals surface area contributed by atoms with Crippen LogP contribution >= 0.6 is 23.6 Å². The molecule has 0 aliphatic rings. The van der Waals surface area contributed by atoms with Crippen LogP contribution in [0.25, 0.3) is 26.8 Å². The molecule has 1 N–H and O–H groups in total. The number of rotatable bonds is 1. The summed E-state index contributed by atoms with van der Waals surface area (Å²) in [4.78, 5) is 2.80. The first-order chi connectivity index (χ1) is 10.1. The molecule has 0 amide bonds. The molecule has 2 aromatic carbocycles. The van der Waals surface area contributed by atoms with Crippen LogP contribution in [0.5, 0.6) is 0 Å². The molecule has 0 saturated heterocycles. The summed E-state index contributed by atoms with van der Waals surface area (Å²) < 4.78 is 30.5. The lowest BCUT2D eigenvalue weighted by atomic mass is 10.2. The predicted molar refractivity (Wildman–Crippen MR) is 83.8 cm³/mol. The highest BCUT2D eigenvalue weighted by Crippen LogP contribution is 2.27. The van der Waals surface area contributed by atoms with Crippen LogP contribution in [0.4, 0.5) is 8.78 Å². The van der Waals surface area contributed by atoms with E-state index in [1.54, 1.807) is 15.9 Å². The van der Waals surface area contributed by atoms with Crippen LogP contribution in [0.3, 0.4) is 0 Å².